The van der Waals surface area contributed by atoms with Gasteiger partial charge in [0.25, 0.3) is 0 Å². The monoisotopic (exact) mass is 246 g/mol. The Bertz CT molecular complexity index is 511. The van der Waals surface area contributed by atoms with Crippen molar-refractivity contribution >= 4 is 5.82 Å². The van der Waals surface area contributed by atoms with Crippen molar-refractivity contribution in [3.05, 3.63) is 35.6 Å². The molecule has 0 unspecified atom stereocenters. The lowest BCUT2D eigenvalue weighted by Gasteiger charge is -2.18. The standard InChI is InChI=1S/C13H18N4O/c1-9-16-12(18-17-9)8-15-11-6-5-10(7-14-11)13(2,3)4/h5-7H,8H2,1-4H3,(H,14,15). The third kappa shape index (κ3) is 3.06. The van der Waals surface area contributed by atoms with Crippen molar-refractivity contribution in [3.63, 3.8) is 0 Å². The van der Waals surface area contributed by atoms with Crippen molar-refractivity contribution in [2.24, 2.45) is 0 Å². The molecule has 1 N–H and O–H groups in total. The van der Waals surface area contributed by atoms with Gasteiger partial charge in [-0.1, -0.05) is 32.0 Å². The third-order valence-electron chi connectivity index (χ3n) is 2.62. The van der Waals surface area contributed by atoms with E-state index >= 15 is 0 Å². The van der Waals surface area contributed by atoms with Crippen molar-refractivity contribution in [2.75, 3.05) is 5.32 Å². The van der Waals surface area contributed by atoms with E-state index in [1.165, 1.54) is 5.56 Å². The maximum atomic E-state index is 5.01. The molecule has 0 aromatic carbocycles. The van der Waals surface area contributed by atoms with E-state index in [9.17, 15) is 0 Å². The highest BCUT2D eigenvalue weighted by Crippen LogP contribution is 2.21. The molecule has 2 rings (SSSR count). The second-order valence-electron chi connectivity index (χ2n) is 5.27. The highest BCUT2D eigenvalue weighted by atomic mass is 16.5. The van der Waals surface area contributed by atoms with Crippen molar-refractivity contribution in [1.82, 2.24) is 15.1 Å². The van der Waals surface area contributed by atoms with Gasteiger partial charge >= 0.3 is 0 Å². The third-order valence-corrected chi connectivity index (χ3v) is 2.62. The van der Waals surface area contributed by atoms with Gasteiger partial charge in [0.05, 0.1) is 6.54 Å². The lowest BCUT2D eigenvalue weighted by molar-refractivity contribution is 0.379. The van der Waals surface area contributed by atoms with E-state index in [1.54, 1.807) is 6.92 Å². The van der Waals surface area contributed by atoms with E-state index < -0.39 is 0 Å². The van der Waals surface area contributed by atoms with Crippen molar-refractivity contribution in [1.29, 1.82) is 0 Å². The molecule has 2 aromatic heterocycles. The van der Waals surface area contributed by atoms with E-state index in [0.29, 0.717) is 18.3 Å². The lowest BCUT2D eigenvalue weighted by atomic mass is 9.88. The first-order valence-corrected chi connectivity index (χ1v) is 5.95. The summed E-state index contributed by atoms with van der Waals surface area (Å²) in [6.45, 7) is 8.78. The van der Waals surface area contributed by atoms with E-state index in [1.807, 2.05) is 12.3 Å². The Labute approximate surface area is 107 Å². The fourth-order valence-corrected chi connectivity index (χ4v) is 1.52. The predicted octanol–water partition coefficient (Wildman–Crippen LogP) is 2.68. The van der Waals surface area contributed by atoms with Gasteiger partial charge in [0, 0.05) is 6.20 Å². The van der Waals surface area contributed by atoms with Gasteiger partial charge in [-0.3, -0.25) is 0 Å². The zero-order valence-electron chi connectivity index (χ0n) is 11.2. The van der Waals surface area contributed by atoms with E-state index in [-0.39, 0.29) is 5.41 Å². The van der Waals surface area contributed by atoms with E-state index in [4.69, 9.17) is 4.52 Å². The highest BCUT2D eigenvalue weighted by molar-refractivity contribution is 5.37. The van der Waals surface area contributed by atoms with Crippen LogP contribution in [-0.4, -0.2) is 15.1 Å². The van der Waals surface area contributed by atoms with Crippen LogP contribution in [0.15, 0.2) is 22.9 Å². The Morgan fingerprint density at radius 2 is 2.06 bits per heavy atom. The number of aromatic nitrogens is 3. The van der Waals surface area contributed by atoms with E-state index in [0.717, 1.165) is 5.82 Å². The Balaban J connectivity index is 1.98. The largest absolute Gasteiger partial charge is 0.361 e. The van der Waals surface area contributed by atoms with Crippen LogP contribution in [0.1, 0.15) is 38.0 Å². The summed E-state index contributed by atoms with van der Waals surface area (Å²) >= 11 is 0. The van der Waals surface area contributed by atoms with Gasteiger partial charge in [-0.25, -0.2) is 4.98 Å². The molecule has 0 spiro atoms. The summed E-state index contributed by atoms with van der Waals surface area (Å²) in [7, 11) is 0. The summed E-state index contributed by atoms with van der Waals surface area (Å²) in [6.07, 6.45) is 1.89. The zero-order chi connectivity index (χ0) is 13.2. The molecule has 96 valence electrons. The maximum absolute atomic E-state index is 5.01. The molecule has 0 radical (unpaired) electrons. The van der Waals surface area contributed by atoms with Crippen LogP contribution in [0, 0.1) is 6.92 Å². The minimum Gasteiger partial charge on any atom is -0.361 e. The number of aryl methyl sites for hydroxylation is 1. The summed E-state index contributed by atoms with van der Waals surface area (Å²) in [5.74, 6) is 2.01. The van der Waals surface area contributed by atoms with Crippen LogP contribution in [0.2, 0.25) is 0 Å². The first kappa shape index (κ1) is 12.5. The van der Waals surface area contributed by atoms with Crippen LogP contribution < -0.4 is 5.32 Å². The molecule has 5 heteroatoms. The average Bonchev–Trinajstić information content (AvgIpc) is 2.72. The average molecular weight is 246 g/mol. The Kier molecular flexibility index (Phi) is 3.32. The van der Waals surface area contributed by atoms with Crippen LogP contribution in [0.25, 0.3) is 0 Å². The van der Waals surface area contributed by atoms with Gasteiger partial charge < -0.3 is 9.84 Å². The Morgan fingerprint density at radius 1 is 1.28 bits per heavy atom. The predicted molar refractivity (Wildman–Crippen MR) is 69.3 cm³/mol. The van der Waals surface area contributed by atoms with Crippen LogP contribution in [-0.2, 0) is 12.0 Å². The van der Waals surface area contributed by atoms with Crippen LogP contribution in [0.4, 0.5) is 5.82 Å². The molecule has 0 fully saturated rings. The summed E-state index contributed by atoms with van der Waals surface area (Å²) in [5, 5.41) is 6.87. The smallest absolute Gasteiger partial charge is 0.245 e. The normalized spacial score (nSPS) is 11.6. The molecule has 2 heterocycles. The molecule has 0 saturated carbocycles. The Hall–Kier alpha value is -1.91. The van der Waals surface area contributed by atoms with Gasteiger partial charge in [0.1, 0.15) is 5.82 Å². The fourth-order valence-electron chi connectivity index (χ4n) is 1.52. The number of hydrogen-bond acceptors (Lipinski definition) is 5. The molecule has 5 nitrogen and oxygen atoms in total. The number of pyridine rings is 1. The number of nitrogens with zero attached hydrogens (tertiary/aromatic N) is 3. The van der Waals surface area contributed by atoms with Gasteiger partial charge in [-0.2, -0.15) is 4.98 Å². The summed E-state index contributed by atoms with van der Waals surface area (Å²) in [5.41, 5.74) is 1.33. The van der Waals surface area contributed by atoms with E-state index in [2.05, 4.69) is 47.3 Å². The minimum absolute atomic E-state index is 0.120. The topological polar surface area (TPSA) is 63.8 Å². The molecule has 0 saturated heterocycles. The molecule has 0 aliphatic rings. The summed E-state index contributed by atoms with van der Waals surface area (Å²) in [6, 6.07) is 4.04. The number of nitrogens with one attached hydrogen (secondary N) is 1. The van der Waals surface area contributed by atoms with Gasteiger partial charge in [-0.15, -0.1) is 0 Å². The fraction of sp³-hybridized carbons (Fsp3) is 0.462. The molecule has 0 bridgehead atoms. The zero-order valence-corrected chi connectivity index (χ0v) is 11.2. The van der Waals surface area contributed by atoms with Crippen LogP contribution in [0.5, 0.6) is 0 Å². The molecular formula is C13H18N4O. The van der Waals surface area contributed by atoms with Crippen molar-refractivity contribution in [3.8, 4) is 0 Å². The van der Waals surface area contributed by atoms with Gasteiger partial charge in [0.15, 0.2) is 5.82 Å². The molecule has 18 heavy (non-hydrogen) atoms. The lowest BCUT2D eigenvalue weighted by Crippen LogP contribution is -2.11. The highest BCUT2D eigenvalue weighted by Gasteiger charge is 2.13. The number of hydrogen-bond donors (Lipinski definition) is 1. The molecule has 0 aliphatic heterocycles. The number of rotatable bonds is 3. The van der Waals surface area contributed by atoms with Crippen molar-refractivity contribution < 1.29 is 4.52 Å². The van der Waals surface area contributed by atoms with Gasteiger partial charge in [0.2, 0.25) is 5.89 Å². The molecule has 0 atom stereocenters. The first-order valence-electron chi connectivity index (χ1n) is 5.95. The second kappa shape index (κ2) is 4.76. The van der Waals surface area contributed by atoms with Crippen LogP contribution in [0.3, 0.4) is 0 Å². The molecule has 0 aliphatic carbocycles. The quantitative estimate of drug-likeness (QED) is 0.902. The van der Waals surface area contributed by atoms with Crippen LogP contribution >= 0.6 is 0 Å². The summed E-state index contributed by atoms with van der Waals surface area (Å²) in [4.78, 5) is 8.48. The first-order chi connectivity index (χ1) is 8.45. The minimum atomic E-state index is 0.120. The summed E-state index contributed by atoms with van der Waals surface area (Å²) < 4.78 is 5.01. The molecule has 2 aromatic rings. The maximum Gasteiger partial charge on any atom is 0.245 e. The SMILES string of the molecule is Cc1noc(CNc2ccc(C(C)(C)C)cn2)n1. The molecule has 0 amide bonds. The Morgan fingerprint density at radius 3 is 2.56 bits per heavy atom. The second-order valence-corrected chi connectivity index (χ2v) is 5.27. The molecular weight excluding hydrogens is 228 g/mol. The van der Waals surface area contributed by atoms with Crippen molar-refractivity contribution in [2.45, 2.75) is 39.7 Å². The van der Waals surface area contributed by atoms with Gasteiger partial charge in [-0.05, 0) is 24.0 Å². The number of anilines is 1.